The van der Waals surface area contributed by atoms with Gasteiger partial charge in [-0.25, -0.2) is 4.79 Å². The van der Waals surface area contributed by atoms with Crippen LogP contribution in [0.3, 0.4) is 0 Å². The van der Waals surface area contributed by atoms with Crippen molar-refractivity contribution in [3.63, 3.8) is 0 Å². The fourth-order valence-corrected chi connectivity index (χ4v) is 2.63. The summed E-state index contributed by atoms with van der Waals surface area (Å²) in [5.41, 5.74) is 1.24. The molecule has 1 aromatic rings. The van der Waals surface area contributed by atoms with Crippen LogP contribution in [0.2, 0.25) is 0 Å². The van der Waals surface area contributed by atoms with Crippen LogP contribution in [0.1, 0.15) is 35.3 Å². The Bertz CT molecular complexity index is 463. The van der Waals surface area contributed by atoms with E-state index < -0.39 is 5.97 Å². The van der Waals surface area contributed by atoms with E-state index in [-0.39, 0.29) is 11.1 Å². The predicted molar refractivity (Wildman–Crippen MR) is 72.1 cm³/mol. The van der Waals surface area contributed by atoms with E-state index in [0.717, 1.165) is 12.2 Å². The van der Waals surface area contributed by atoms with Crippen LogP contribution < -0.4 is 5.32 Å². The maximum Gasteiger partial charge on any atom is 0.339 e. The lowest BCUT2D eigenvalue weighted by molar-refractivity contribution is 0.0595. The van der Waals surface area contributed by atoms with Gasteiger partial charge in [0, 0.05) is 25.7 Å². The second-order valence-corrected chi connectivity index (χ2v) is 5.51. The van der Waals surface area contributed by atoms with E-state index in [1.165, 1.54) is 25.5 Å². The fraction of sp³-hybridized carbons (Fsp3) is 0.692. The van der Waals surface area contributed by atoms with Gasteiger partial charge < -0.3 is 15.3 Å². The third-order valence-electron chi connectivity index (χ3n) is 4.27. The first-order chi connectivity index (χ1) is 8.96. The van der Waals surface area contributed by atoms with Crippen LogP contribution in [0.25, 0.3) is 0 Å². The maximum absolute atomic E-state index is 11.1. The van der Waals surface area contributed by atoms with Crippen LogP contribution in [0, 0.1) is 0 Å². The zero-order valence-electron chi connectivity index (χ0n) is 11.8. The molecule has 2 N–H and O–H groups in total. The SMILES string of the molecule is CN(C)C1(CNCc2c(C(=O)O)cnn2C)CCC1. The van der Waals surface area contributed by atoms with Gasteiger partial charge in [0.15, 0.2) is 0 Å². The molecule has 1 heterocycles. The van der Waals surface area contributed by atoms with E-state index in [1.807, 2.05) is 0 Å². The topological polar surface area (TPSA) is 70.4 Å². The summed E-state index contributed by atoms with van der Waals surface area (Å²) in [5, 5.41) is 16.5. The Balaban J connectivity index is 1.96. The van der Waals surface area contributed by atoms with Crippen molar-refractivity contribution in [2.24, 2.45) is 7.05 Å². The van der Waals surface area contributed by atoms with Crippen molar-refractivity contribution in [2.45, 2.75) is 31.3 Å². The molecule has 0 bridgehead atoms. The largest absolute Gasteiger partial charge is 0.478 e. The van der Waals surface area contributed by atoms with E-state index in [1.54, 1.807) is 11.7 Å². The molecule has 6 nitrogen and oxygen atoms in total. The number of carboxylic acid groups (broad SMARTS) is 1. The number of carboxylic acids is 1. The highest BCUT2D eigenvalue weighted by Crippen LogP contribution is 2.35. The number of rotatable bonds is 6. The number of hydrogen-bond acceptors (Lipinski definition) is 4. The highest BCUT2D eigenvalue weighted by Gasteiger charge is 2.38. The van der Waals surface area contributed by atoms with Gasteiger partial charge in [0.1, 0.15) is 5.56 Å². The number of likely N-dealkylation sites (N-methyl/N-ethyl adjacent to an activating group) is 1. The highest BCUT2D eigenvalue weighted by atomic mass is 16.4. The van der Waals surface area contributed by atoms with Crippen LogP contribution in [-0.4, -0.2) is 51.9 Å². The number of nitrogens with zero attached hydrogens (tertiary/aromatic N) is 3. The van der Waals surface area contributed by atoms with Gasteiger partial charge in [-0.2, -0.15) is 5.10 Å². The molecule has 0 radical (unpaired) electrons. The van der Waals surface area contributed by atoms with Crippen molar-refractivity contribution < 1.29 is 9.90 Å². The molecular formula is C13H22N4O2. The van der Waals surface area contributed by atoms with Crippen molar-refractivity contribution in [3.05, 3.63) is 17.5 Å². The van der Waals surface area contributed by atoms with Crippen molar-refractivity contribution in [3.8, 4) is 0 Å². The predicted octanol–water partition coefficient (Wildman–Crippen LogP) is 0.692. The summed E-state index contributed by atoms with van der Waals surface area (Å²) in [5.74, 6) is -0.920. The molecule has 2 rings (SSSR count). The second kappa shape index (κ2) is 5.30. The molecule has 106 valence electrons. The minimum atomic E-state index is -0.920. The van der Waals surface area contributed by atoms with Crippen molar-refractivity contribution in [2.75, 3.05) is 20.6 Å². The van der Waals surface area contributed by atoms with Gasteiger partial charge >= 0.3 is 5.97 Å². The second-order valence-electron chi connectivity index (χ2n) is 5.51. The Labute approximate surface area is 113 Å². The molecule has 0 aromatic carbocycles. The standard InChI is InChI=1S/C13H22N4O2/c1-16(2)13(5-4-6-13)9-14-8-11-10(12(18)19)7-15-17(11)3/h7,14H,4-6,8-9H2,1-3H3,(H,18,19). The summed E-state index contributed by atoms with van der Waals surface area (Å²) < 4.78 is 1.62. The van der Waals surface area contributed by atoms with E-state index in [4.69, 9.17) is 5.11 Å². The normalized spacial score (nSPS) is 17.5. The summed E-state index contributed by atoms with van der Waals surface area (Å²) in [7, 11) is 5.98. The molecular weight excluding hydrogens is 244 g/mol. The molecule has 0 amide bonds. The molecule has 0 saturated heterocycles. The first kappa shape index (κ1) is 14.0. The number of aryl methyl sites for hydroxylation is 1. The number of hydrogen-bond donors (Lipinski definition) is 2. The molecule has 1 aliphatic carbocycles. The molecule has 0 atom stereocenters. The quantitative estimate of drug-likeness (QED) is 0.793. The summed E-state index contributed by atoms with van der Waals surface area (Å²) in [6.45, 7) is 1.41. The monoisotopic (exact) mass is 266 g/mol. The molecule has 0 unspecified atom stereocenters. The van der Waals surface area contributed by atoms with Gasteiger partial charge in [0.05, 0.1) is 11.9 Å². The van der Waals surface area contributed by atoms with Crippen molar-refractivity contribution >= 4 is 5.97 Å². The Morgan fingerprint density at radius 3 is 2.74 bits per heavy atom. The molecule has 0 aliphatic heterocycles. The average Bonchev–Trinajstić information content (AvgIpc) is 2.63. The highest BCUT2D eigenvalue weighted by molar-refractivity contribution is 5.88. The van der Waals surface area contributed by atoms with Crippen molar-refractivity contribution in [1.82, 2.24) is 20.0 Å². The van der Waals surface area contributed by atoms with E-state index in [9.17, 15) is 4.79 Å². The molecule has 1 saturated carbocycles. The van der Waals surface area contributed by atoms with Crippen LogP contribution in [0.15, 0.2) is 6.20 Å². The summed E-state index contributed by atoms with van der Waals surface area (Å²) in [6.07, 6.45) is 5.07. The molecule has 0 spiro atoms. The molecule has 6 heteroatoms. The Morgan fingerprint density at radius 2 is 2.26 bits per heavy atom. The fourth-order valence-electron chi connectivity index (χ4n) is 2.63. The summed E-state index contributed by atoms with van der Waals surface area (Å²) >= 11 is 0. The zero-order valence-corrected chi connectivity index (χ0v) is 11.8. The number of carbonyl (C=O) groups is 1. The average molecular weight is 266 g/mol. The van der Waals surface area contributed by atoms with Crippen LogP contribution >= 0.6 is 0 Å². The Hall–Kier alpha value is -1.40. The smallest absolute Gasteiger partial charge is 0.339 e. The van der Waals surface area contributed by atoms with Crippen LogP contribution in [0.5, 0.6) is 0 Å². The summed E-state index contributed by atoms with van der Waals surface area (Å²) in [6, 6.07) is 0. The van der Waals surface area contributed by atoms with Gasteiger partial charge in [-0.1, -0.05) is 0 Å². The van der Waals surface area contributed by atoms with Gasteiger partial charge in [-0.3, -0.25) is 4.68 Å². The number of nitrogens with one attached hydrogen (secondary N) is 1. The summed E-state index contributed by atoms with van der Waals surface area (Å²) in [4.78, 5) is 13.4. The van der Waals surface area contributed by atoms with E-state index >= 15 is 0 Å². The lowest BCUT2D eigenvalue weighted by Gasteiger charge is -2.47. The molecule has 1 aromatic heterocycles. The Kier molecular flexibility index (Phi) is 3.91. The minimum absolute atomic E-state index is 0.238. The molecule has 1 aliphatic rings. The van der Waals surface area contributed by atoms with E-state index in [0.29, 0.717) is 6.54 Å². The lowest BCUT2D eigenvalue weighted by atomic mass is 9.75. The van der Waals surface area contributed by atoms with E-state index in [2.05, 4.69) is 29.4 Å². The van der Waals surface area contributed by atoms with Gasteiger partial charge in [0.2, 0.25) is 0 Å². The van der Waals surface area contributed by atoms with Crippen LogP contribution in [0.4, 0.5) is 0 Å². The first-order valence-corrected chi connectivity index (χ1v) is 6.58. The first-order valence-electron chi connectivity index (χ1n) is 6.58. The zero-order chi connectivity index (χ0) is 14.0. The third kappa shape index (κ3) is 2.64. The molecule has 1 fully saturated rings. The van der Waals surface area contributed by atoms with Gasteiger partial charge in [-0.15, -0.1) is 0 Å². The maximum atomic E-state index is 11.1. The third-order valence-corrected chi connectivity index (χ3v) is 4.27. The minimum Gasteiger partial charge on any atom is -0.478 e. The van der Waals surface area contributed by atoms with Gasteiger partial charge in [-0.05, 0) is 33.4 Å². The molecule has 19 heavy (non-hydrogen) atoms. The Morgan fingerprint density at radius 1 is 1.58 bits per heavy atom. The number of aromatic carboxylic acids is 1. The lowest BCUT2D eigenvalue weighted by Crippen LogP contribution is -2.56. The number of aromatic nitrogens is 2. The van der Waals surface area contributed by atoms with Crippen LogP contribution in [-0.2, 0) is 13.6 Å². The van der Waals surface area contributed by atoms with Gasteiger partial charge in [0.25, 0.3) is 0 Å². The van der Waals surface area contributed by atoms with Crippen molar-refractivity contribution in [1.29, 1.82) is 0 Å².